The van der Waals surface area contributed by atoms with Gasteiger partial charge in [0.2, 0.25) is 0 Å². The Kier molecular flexibility index (Phi) is 7.42. The molecule has 4 rings (SSSR count). The van der Waals surface area contributed by atoms with E-state index in [9.17, 15) is 4.79 Å². The van der Waals surface area contributed by atoms with Crippen molar-refractivity contribution in [3.8, 4) is 0 Å². The number of nitrogens with zero attached hydrogens (tertiary/aromatic N) is 3. The van der Waals surface area contributed by atoms with E-state index in [4.69, 9.17) is 24.0 Å². The molecule has 2 aromatic heterocycles. The number of aromatic nitrogens is 3. The Hall–Kier alpha value is -1.81. The zero-order valence-electron chi connectivity index (χ0n) is 24.4. The first-order chi connectivity index (χ1) is 17.0. The minimum atomic E-state index is -1.19. The van der Waals surface area contributed by atoms with Gasteiger partial charge in [-0.15, -0.1) is 0 Å². The molecule has 9 heteroatoms. The minimum absolute atomic E-state index is 0.0522. The summed E-state index contributed by atoms with van der Waals surface area (Å²) in [6.45, 7) is 22.2. The lowest BCUT2D eigenvalue weighted by molar-refractivity contribution is 0.00578. The number of rotatable bonds is 8. The zero-order valence-corrected chi connectivity index (χ0v) is 25.4. The Morgan fingerprint density at radius 3 is 2.38 bits per heavy atom. The maximum absolute atomic E-state index is 13.4. The molecule has 0 spiro atoms. The van der Waals surface area contributed by atoms with Gasteiger partial charge in [0.05, 0.1) is 28.7 Å². The Bertz CT molecular complexity index is 1200. The number of ketones is 1. The van der Waals surface area contributed by atoms with Crippen molar-refractivity contribution in [3.05, 3.63) is 29.1 Å². The van der Waals surface area contributed by atoms with Crippen LogP contribution in [0.2, 0.25) is 25.7 Å². The van der Waals surface area contributed by atoms with E-state index in [0.717, 1.165) is 42.0 Å². The van der Waals surface area contributed by atoms with Crippen molar-refractivity contribution in [2.24, 2.45) is 5.41 Å². The van der Waals surface area contributed by atoms with Crippen LogP contribution in [0, 0.1) is 5.41 Å². The van der Waals surface area contributed by atoms with Crippen molar-refractivity contribution in [1.82, 2.24) is 14.5 Å². The molecule has 0 amide bonds. The number of ether oxygens (including phenoxy) is 1. The van der Waals surface area contributed by atoms with Crippen molar-refractivity contribution in [2.75, 3.05) is 6.61 Å². The van der Waals surface area contributed by atoms with E-state index in [1.165, 1.54) is 0 Å². The maximum Gasteiger partial charge on any atom is 0.490 e. The fraction of sp³-hybridized carbons (Fsp3) is 0.679. The van der Waals surface area contributed by atoms with Crippen LogP contribution in [0.3, 0.4) is 0 Å². The van der Waals surface area contributed by atoms with Crippen molar-refractivity contribution >= 4 is 37.7 Å². The third-order valence-electron chi connectivity index (χ3n) is 7.83. The molecular weight excluding hydrogens is 481 g/mol. The van der Waals surface area contributed by atoms with Crippen LogP contribution in [0.4, 0.5) is 0 Å². The van der Waals surface area contributed by atoms with E-state index < -0.39 is 24.7 Å². The third-order valence-corrected chi connectivity index (χ3v) is 9.53. The Balaban J connectivity index is 1.71. The van der Waals surface area contributed by atoms with E-state index in [1.807, 2.05) is 37.7 Å². The fourth-order valence-corrected chi connectivity index (χ4v) is 5.47. The predicted octanol–water partition coefficient (Wildman–Crippen LogP) is 6.54. The summed E-state index contributed by atoms with van der Waals surface area (Å²) in [5.41, 5.74) is 3.66. The van der Waals surface area contributed by atoms with Gasteiger partial charge in [0.1, 0.15) is 12.2 Å². The third kappa shape index (κ3) is 5.80. The van der Waals surface area contributed by atoms with Gasteiger partial charge in [-0.1, -0.05) is 40.4 Å². The molecule has 202 valence electrons. The molecule has 0 saturated carbocycles. The monoisotopic (exact) mass is 525 g/mol. The van der Waals surface area contributed by atoms with Gasteiger partial charge in [-0.3, -0.25) is 4.79 Å². The van der Waals surface area contributed by atoms with Crippen LogP contribution in [-0.2, 0) is 20.8 Å². The van der Waals surface area contributed by atoms with Crippen LogP contribution >= 0.6 is 0 Å². The van der Waals surface area contributed by atoms with Crippen LogP contribution in [-0.4, -0.2) is 53.3 Å². The summed E-state index contributed by atoms with van der Waals surface area (Å²) in [6.07, 6.45) is 6.52. The topological polar surface area (TPSA) is 75.5 Å². The molecule has 2 aliphatic rings. The van der Waals surface area contributed by atoms with Gasteiger partial charge >= 0.3 is 7.12 Å². The quantitative estimate of drug-likeness (QED) is 0.221. The Morgan fingerprint density at radius 2 is 1.78 bits per heavy atom. The summed E-state index contributed by atoms with van der Waals surface area (Å²) in [7, 11) is -1.58. The number of fused-ring (bicyclic) bond motifs is 1. The lowest BCUT2D eigenvalue weighted by Crippen LogP contribution is -2.41. The summed E-state index contributed by atoms with van der Waals surface area (Å²) in [6, 6.07) is 1.09. The van der Waals surface area contributed by atoms with Crippen molar-refractivity contribution in [1.29, 1.82) is 0 Å². The first-order valence-corrected chi connectivity index (χ1v) is 17.3. The van der Waals surface area contributed by atoms with Gasteiger partial charge in [-0.2, -0.15) is 0 Å². The summed E-state index contributed by atoms with van der Waals surface area (Å²) in [5, 5.41) is 0. The second kappa shape index (κ2) is 9.74. The molecule has 0 atom stereocenters. The molecule has 7 nitrogen and oxygen atoms in total. The molecule has 0 unspecified atom stereocenters. The molecule has 0 aromatic carbocycles. The molecule has 0 bridgehead atoms. The molecule has 1 saturated heterocycles. The molecule has 0 N–H and O–H groups in total. The normalized spacial score (nSPS) is 19.9. The number of carbonyl (C=O) groups excluding carboxylic acids is 1. The van der Waals surface area contributed by atoms with Crippen LogP contribution in [0.1, 0.15) is 83.8 Å². The van der Waals surface area contributed by atoms with Crippen LogP contribution in [0.15, 0.2) is 17.9 Å². The van der Waals surface area contributed by atoms with Crippen molar-refractivity contribution in [3.63, 3.8) is 0 Å². The predicted molar refractivity (Wildman–Crippen MR) is 152 cm³/mol. The van der Waals surface area contributed by atoms with E-state index in [-0.39, 0.29) is 12.9 Å². The zero-order chi connectivity index (χ0) is 27.4. The molecule has 1 aliphatic heterocycles. The number of allylic oxidation sites excluding steroid dienone is 2. The molecular formula is C28H44BN3O4Si. The van der Waals surface area contributed by atoms with E-state index in [0.29, 0.717) is 30.1 Å². The van der Waals surface area contributed by atoms with E-state index in [1.54, 1.807) is 0 Å². The molecule has 2 aromatic rings. The summed E-state index contributed by atoms with van der Waals surface area (Å²) >= 11 is 0. The highest BCUT2D eigenvalue weighted by Crippen LogP contribution is 2.44. The highest BCUT2D eigenvalue weighted by atomic mass is 28.3. The van der Waals surface area contributed by atoms with Crippen molar-refractivity contribution < 1.29 is 18.8 Å². The SMILES string of the molecule is CC(C)(C)C(=O)c1cn(COCC[Si](C)(C)C)c2ncc(C3=C(B4OC(C)(C)C(C)(C)O4)CCC3)nc12. The van der Waals surface area contributed by atoms with Gasteiger partial charge in [0, 0.05) is 26.3 Å². The molecule has 1 aliphatic carbocycles. The van der Waals surface area contributed by atoms with Crippen LogP contribution < -0.4 is 0 Å². The molecule has 0 radical (unpaired) electrons. The van der Waals surface area contributed by atoms with Crippen LogP contribution in [0.5, 0.6) is 0 Å². The van der Waals surface area contributed by atoms with E-state index >= 15 is 0 Å². The average molecular weight is 526 g/mol. The summed E-state index contributed by atoms with van der Waals surface area (Å²) < 4.78 is 20.7. The number of hydrogen-bond donors (Lipinski definition) is 0. The Labute approximate surface area is 223 Å². The number of hydrogen-bond acceptors (Lipinski definition) is 6. The standard InChI is InChI=1S/C28H44BN3O4Si/c1-26(2,3)24(33)20-17-32(18-34-14-15-37(8,9)10)25-23(20)31-22(16-30-25)19-12-11-13-21(19)29-35-27(4,5)28(6,7)36-29/h16-17H,11-15,18H2,1-10H3. The highest BCUT2D eigenvalue weighted by molar-refractivity contribution is 6.76. The maximum atomic E-state index is 13.4. The summed E-state index contributed by atoms with van der Waals surface area (Å²) in [5.74, 6) is 0.0522. The molecule has 1 fully saturated rings. The fourth-order valence-electron chi connectivity index (χ4n) is 4.71. The second-order valence-corrected chi connectivity index (χ2v) is 19.4. The van der Waals surface area contributed by atoms with E-state index in [2.05, 4.69) is 47.3 Å². The lowest BCUT2D eigenvalue weighted by Gasteiger charge is -2.32. The van der Waals surface area contributed by atoms with Gasteiger partial charge in [-0.05, 0) is 64.0 Å². The first kappa shape index (κ1) is 28.2. The summed E-state index contributed by atoms with van der Waals surface area (Å²) in [4.78, 5) is 23.3. The van der Waals surface area contributed by atoms with Gasteiger partial charge in [0.15, 0.2) is 11.4 Å². The molecule has 3 heterocycles. The minimum Gasteiger partial charge on any atom is -0.400 e. The number of Topliss-reactive ketones (excluding diaryl/α,β-unsaturated/α-hetero) is 1. The largest absolute Gasteiger partial charge is 0.490 e. The van der Waals surface area contributed by atoms with Gasteiger partial charge in [0.25, 0.3) is 0 Å². The molecule has 37 heavy (non-hydrogen) atoms. The van der Waals surface area contributed by atoms with Crippen molar-refractivity contribution in [2.45, 2.75) is 111 Å². The van der Waals surface area contributed by atoms with Gasteiger partial charge in [-0.25, -0.2) is 9.97 Å². The Morgan fingerprint density at radius 1 is 1.14 bits per heavy atom. The smallest absolute Gasteiger partial charge is 0.400 e. The van der Waals surface area contributed by atoms with Crippen LogP contribution in [0.25, 0.3) is 16.7 Å². The average Bonchev–Trinajstić information content (AvgIpc) is 3.43. The lowest BCUT2D eigenvalue weighted by atomic mass is 9.75. The highest BCUT2D eigenvalue weighted by Gasteiger charge is 2.53. The second-order valence-electron chi connectivity index (χ2n) is 13.8. The first-order valence-electron chi connectivity index (χ1n) is 13.6. The number of carbonyl (C=O) groups is 1. The van der Waals surface area contributed by atoms with Gasteiger partial charge < -0.3 is 18.6 Å².